The lowest BCUT2D eigenvalue weighted by molar-refractivity contribution is -0.384. The molecule has 0 atom stereocenters. The first-order valence-electron chi connectivity index (χ1n) is 7.00. The topological polar surface area (TPSA) is 43.1 Å². The van der Waals surface area contributed by atoms with Crippen LogP contribution in [0.2, 0.25) is 0 Å². The van der Waals surface area contributed by atoms with Crippen molar-refractivity contribution in [1.82, 2.24) is 0 Å². The van der Waals surface area contributed by atoms with Crippen molar-refractivity contribution < 1.29 is 4.92 Å². The van der Waals surface area contributed by atoms with Gasteiger partial charge in [0, 0.05) is 36.3 Å². The molecule has 0 spiro atoms. The Kier molecular flexibility index (Phi) is 3.39. The van der Waals surface area contributed by atoms with Gasteiger partial charge >= 0.3 is 0 Å². The van der Waals surface area contributed by atoms with Crippen molar-refractivity contribution in [1.29, 1.82) is 0 Å². The first-order valence-corrected chi connectivity index (χ1v) is 8.60. The van der Waals surface area contributed by atoms with Crippen LogP contribution in [-0.4, -0.2) is 4.92 Å². The minimum Gasteiger partial charge on any atom is -0.258 e. The van der Waals surface area contributed by atoms with Gasteiger partial charge in [0.25, 0.3) is 5.69 Å². The third-order valence-electron chi connectivity index (χ3n) is 3.83. The minimum atomic E-state index is -0.324. The van der Waals surface area contributed by atoms with Crippen LogP contribution >= 0.6 is 27.3 Å². The monoisotopic (exact) mass is 383 g/mol. The number of benzene rings is 3. The van der Waals surface area contributed by atoms with Gasteiger partial charge in [-0.15, -0.1) is 11.3 Å². The van der Waals surface area contributed by atoms with Crippen LogP contribution < -0.4 is 0 Å². The Bertz CT molecular complexity index is 1070. The number of nitrogens with zero attached hydrogens (tertiary/aromatic N) is 1. The average Bonchev–Trinajstić information content (AvgIpc) is 2.93. The van der Waals surface area contributed by atoms with Crippen molar-refractivity contribution >= 4 is 53.1 Å². The van der Waals surface area contributed by atoms with Crippen LogP contribution in [-0.2, 0) is 0 Å². The standard InChI is InChI=1S/C18H10BrNO2S/c19-11-9-14(12-5-1-3-7-16(12)20(21)22)18-15(10-11)13-6-2-4-8-17(13)23-18/h1-10H. The summed E-state index contributed by atoms with van der Waals surface area (Å²) < 4.78 is 3.17. The zero-order chi connectivity index (χ0) is 16.0. The number of thiophene rings is 1. The Hall–Kier alpha value is -2.24. The number of halogens is 1. The SMILES string of the molecule is O=[N+]([O-])c1ccccc1-c1cc(Br)cc2c1sc1ccccc12. The molecule has 4 rings (SSSR count). The largest absolute Gasteiger partial charge is 0.277 e. The van der Waals surface area contributed by atoms with Crippen molar-refractivity contribution in [3.8, 4) is 11.1 Å². The van der Waals surface area contributed by atoms with Gasteiger partial charge in [0.05, 0.1) is 10.5 Å². The van der Waals surface area contributed by atoms with Gasteiger partial charge in [-0.3, -0.25) is 10.1 Å². The number of nitro benzene ring substituents is 1. The molecule has 0 radical (unpaired) electrons. The zero-order valence-corrected chi connectivity index (χ0v) is 14.2. The maximum absolute atomic E-state index is 11.4. The Morgan fingerprint density at radius 1 is 0.913 bits per heavy atom. The summed E-state index contributed by atoms with van der Waals surface area (Å²) in [4.78, 5) is 11.1. The van der Waals surface area contributed by atoms with Gasteiger partial charge in [-0.05, 0) is 24.3 Å². The molecule has 1 heterocycles. The van der Waals surface area contributed by atoms with E-state index in [1.165, 1.54) is 10.1 Å². The minimum absolute atomic E-state index is 0.129. The van der Waals surface area contributed by atoms with Gasteiger partial charge in [-0.1, -0.05) is 46.3 Å². The van der Waals surface area contributed by atoms with E-state index in [0.29, 0.717) is 5.56 Å². The summed E-state index contributed by atoms with van der Waals surface area (Å²) >= 11 is 5.22. The molecule has 0 bridgehead atoms. The van der Waals surface area contributed by atoms with Crippen molar-refractivity contribution in [2.24, 2.45) is 0 Å². The Morgan fingerprint density at radius 3 is 2.48 bits per heavy atom. The Morgan fingerprint density at radius 2 is 1.65 bits per heavy atom. The van der Waals surface area contributed by atoms with E-state index in [2.05, 4.69) is 34.1 Å². The third-order valence-corrected chi connectivity index (χ3v) is 5.51. The van der Waals surface area contributed by atoms with E-state index in [9.17, 15) is 10.1 Å². The van der Waals surface area contributed by atoms with Crippen LogP contribution in [0.5, 0.6) is 0 Å². The van der Waals surface area contributed by atoms with Crippen LogP contribution in [0, 0.1) is 10.1 Å². The lowest BCUT2D eigenvalue weighted by Crippen LogP contribution is -1.91. The second kappa shape index (κ2) is 5.44. The second-order valence-corrected chi connectivity index (χ2v) is 7.17. The zero-order valence-electron chi connectivity index (χ0n) is 11.8. The molecule has 0 fully saturated rings. The Labute approximate surface area is 144 Å². The molecular weight excluding hydrogens is 374 g/mol. The van der Waals surface area contributed by atoms with Gasteiger partial charge in [-0.25, -0.2) is 0 Å². The van der Waals surface area contributed by atoms with Crippen molar-refractivity contribution in [2.75, 3.05) is 0 Å². The van der Waals surface area contributed by atoms with Crippen LogP contribution in [0.1, 0.15) is 0 Å². The number of fused-ring (bicyclic) bond motifs is 3. The van der Waals surface area contributed by atoms with Crippen LogP contribution in [0.3, 0.4) is 0 Å². The van der Waals surface area contributed by atoms with Crippen molar-refractivity contribution in [3.05, 3.63) is 75.3 Å². The lowest BCUT2D eigenvalue weighted by atomic mass is 10.0. The summed E-state index contributed by atoms with van der Waals surface area (Å²) in [7, 11) is 0. The smallest absolute Gasteiger partial charge is 0.258 e. The molecule has 0 amide bonds. The molecule has 23 heavy (non-hydrogen) atoms. The quantitative estimate of drug-likeness (QED) is 0.297. The summed E-state index contributed by atoms with van der Waals surface area (Å²) in [5.41, 5.74) is 1.67. The highest BCUT2D eigenvalue weighted by atomic mass is 79.9. The van der Waals surface area contributed by atoms with E-state index in [4.69, 9.17) is 0 Å². The summed E-state index contributed by atoms with van der Waals surface area (Å²) in [5.74, 6) is 0. The lowest BCUT2D eigenvalue weighted by Gasteiger charge is -2.06. The molecule has 5 heteroatoms. The third kappa shape index (κ3) is 2.33. The van der Waals surface area contributed by atoms with Gasteiger partial charge in [-0.2, -0.15) is 0 Å². The molecule has 0 aliphatic rings. The molecule has 0 unspecified atom stereocenters. The average molecular weight is 384 g/mol. The van der Waals surface area contributed by atoms with E-state index in [0.717, 1.165) is 20.1 Å². The first kappa shape index (κ1) is 14.4. The second-order valence-electron chi connectivity index (χ2n) is 5.20. The highest BCUT2D eigenvalue weighted by molar-refractivity contribution is 9.10. The maximum atomic E-state index is 11.4. The van der Waals surface area contributed by atoms with Crippen LogP contribution in [0.15, 0.2) is 65.1 Å². The predicted molar refractivity (Wildman–Crippen MR) is 99.1 cm³/mol. The van der Waals surface area contributed by atoms with Gasteiger partial charge in [0.1, 0.15) is 0 Å². The predicted octanol–water partition coefficient (Wildman–Crippen LogP) is 6.39. The summed E-state index contributed by atoms with van der Waals surface area (Å²) in [6, 6.07) is 19.1. The molecular formula is C18H10BrNO2S. The van der Waals surface area contributed by atoms with E-state index in [1.54, 1.807) is 23.5 Å². The van der Waals surface area contributed by atoms with E-state index >= 15 is 0 Å². The van der Waals surface area contributed by atoms with Gasteiger partial charge < -0.3 is 0 Å². The molecule has 3 nitrogen and oxygen atoms in total. The molecule has 4 aromatic rings. The van der Waals surface area contributed by atoms with E-state index in [1.807, 2.05) is 30.3 Å². The summed E-state index contributed by atoms with van der Waals surface area (Å²) in [5, 5.41) is 13.7. The number of rotatable bonds is 2. The fourth-order valence-electron chi connectivity index (χ4n) is 2.85. The molecule has 112 valence electrons. The number of hydrogen-bond donors (Lipinski definition) is 0. The molecule has 0 N–H and O–H groups in total. The normalized spacial score (nSPS) is 11.2. The number of para-hydroxylation sites is 1. The van der Waals surface area contributed by atoms with Gasteiger partial charge in [0.2, 0.25) is 0 Å². The molecule has 0 aliphatic carbocycles. The fourth-order valence-corrected chi connectivity index (χ4v) is 4.52. The van der Waals surface area contributed by atoms with Gasteiger partial charge in [0.15, 0.2) is 0 Å². The number of nitro groups is 1. The maximum Gasteiger partial charge on any atom is 0.277 e. The molecule has 3 aromatic carbocycles. The molecule has 0 aliphatic heterocycles. The summed E-state index contributed by atoms with van der Waals surface area (Å²) in [6.45, 7) is 0. The Balaban J connectivity index is 2.14. The highest BCUT2D eigenvalue weighted by Gasteiger charge is 2.18. The highest BCUT2D eigenvalue weighted by Crippen LogP contribution is 2.43. The molecule has 0 saturated heterocycles. The first-order chi connectivity index (χ1) is 11.1. The number of hydrogen-bond acceptors (Lipinski definition) is 3. The van der Waals surface area contributed by atoms with E-state index in [-0.39, 0.29) is 10.6 Å². The molecule has 0 saturated carbocycles. The van der Waals surface area contributed by atoms with E-state index < -0.39 is 0 Å². The van der Waals surface area contributed by atoms with Crippen molar-refractivity contribution in [2.45, 2.75) is 0 Å². The van der Waals surface area contributed by atoms with Crippen molar-refractivity contribution in [3.63, 3.8) is 0 Å². The fraction of sp³-hybridized carbons (Fsp3) is 0. The van der Waals surface area contributed by atoms with Crippen LogP contribution in [0.25, 0.3) is 31.3 Å². The molecule has 1 aromatic heterocycles. The summed E-state index contributed by atoms with van der Waals surface area (Å²) in [6.07, 6.45) is 0. The van der Waals surface area contributed by atoms with Crippen LogP contribution in [0.4, 0.5) is 5.69 Å².